The first-order chi connectivity index (χ1) is 11.2. The van der Waals surface area contributed by atoms with Gasteiger partial charge in [-0.1, -0.05) is 47.7 Å². The molecule has 0 N–H and O–H groups in total. The minimum absolute atomic E-state index is 0.187. The number of rotatable bonds is 4. The Morgan fingerprint density at radius 3 is 2.74 bits per heavy atom. The van der Waals surface area contributed by atoms with Crippen LogP contribution < -0.4 is 4.90 Å². The van der Waals surface area contributed by atoms with Gasteiger partial charge < -0.3 is 0 Å². The first kappa shape index (κ1) is 14.4. The standard InChI is InChI=1S/C19H18N2OS/c1-13-7-10-16-17(11-13)23-19(20-16)21(18(22)15-8-9-15)12-14-5-3-2-4-6-14/h2-7,10-11,15H,8-9,12H2,1H3. The van der Waals surface area contributed by atoms with Gasteiger partial charge in [0.05, 0.1) is 16.8 Å². The van der Waals surface area contributed by atoms with Gasteiger partial charge in [-0.2, -0.15) is 0 Å². The summed E-state index contributed by atoms with van der Waals surface area (Å²) in [5, 5.41) is 0.811. The van der Waals surface area contributed by atoms with Crippen molar-refractivity contribution in [3.8, 4) is 0 Å². The van der Waals surface area contributed by atoms with E-state index in [1.807, 2.05) is 29.2 Å². The van der Waals surface area contributed by atoms with Crippen LogP contribution in [0.2, 0.25) is 0 Å². The fourth-order valence-corrected chi connectivity index (χ4v) is 3.76. The predicted octanol–water partition coefficient (Wildman–Crippen LogP) is 4.55. The number of carbonyl (C=O) groups excluding carboxylic acids is 1. The molecule has 1 aliphatic rings. The maximum Gasteiger partial charge on any atom is 0.232 e. The largest absolute Gasteiger partial charge is 0.283 e. The molecular weight excluding hydrogens is 304 g/mol. The van der Waals surface area contributed by atoms with Gasteiger partial charge in [0, 0.05) is 5.92 Å². The monoisotopic (exact) mass is 322 g/mol. The summed E-state index contributed by atoms with van der Waals surface area (Å²) in [5.41, 5.74) is 3.32. The summed E-state index contributed by atoms with van der Waals surface area (Å²) in [7, 11) is 0. The zero-order chi connectivity index (χ0) is 15.8. The van der Waals surface area contributed by atoms with Crippen LogP contribution in [0.4, 0.5) is 5.13 Å². The number of aromatic nitrogens is 1. The van der Waals surface area contributed by atoms with E-state index in [9.17, 15) is 4.79 Å². The molecule has 0 saturated heterocycles. The number of amides is 1. The highest BCUT2D eigenvalue weighted by molar-refractivity contribution is 7.22. The molecule has 2 aromatic carbocycles. The number of anilines is 1. The van der Waals surface area contributed by atoms with E-state index in [0.717, 1.165) is 33.8 Å². The van der Waals surface area contributed by atoms with Crippen molar-refractivity contribution in [1.29, 1.82) is 0 Å². The van der Waals surface area contributed by atoms with E-state index < -0.39 is 0 Å². The molecule has 116 valence electrons. The molecular formula is C19H18N2OS. The molecule has 0 atom stereocenters. The Hall–Kier alpha value is -2.20. The molecule has 0 bridgehead atoms. The number of fused-ring (bicyclic) bond motifs is 1. The van der Waals surface area contributed by atoms with Crippen molar-refractivity contribution in [3.63, 3.8) is 0 Å². The molecule has 1 aromatic heterocycles. The number of nitrogens with zero attached hydrogens (tertiary/aromatic N) is 2. The Balaban J connectivity index is 1.71. The van der Waals surface area contributed by atoms with Gasteiger partial charge in [-0.3, -0.25) is 9.69 Å². The van der Waals surface area contributed by atoms with Crippen molar-refractivity contribution in [2.24, 2.45) is 5.92 Å². The van der Waals surface area contributed by atoms with E-state index in [1.165, 1.54) is 5.56 Å². The van der Waals surface area contributed by atoms with Crippen molar-refractivity contribution in [1.82, 2.24) is 4.98 Å². The molecule has 4 heteroatoms. The van der Waals surface area contributed by atoms with Crippen molar-refractivity contribution in [3.05, 3.63) is 59.7 Å². The average molecular weight is 322 g/mol. The Bertz CT molecular complexity index is 852. The molecule has 3 aromatic rings. The van der Waals surface area contributed by atoms with Crippen LogP contribution in [-0.4, -0.2) is 10.9 Å². The number of hydrogen-bond acceptors (Lipinski definition) is 3. The molecule has 1 fully saturated rings. The van der Waals surface area contributed by atoms with Crippen molar-refractivity contribution < 1.29 is 4.79 Å². The summed E-state index contributed by atoms with van der Waals surface area (Å²) in [6.45, 7) is 2.67. The lowest BCUT2D eigenvalue weighted by molar-refractivity contribution is -0.119. The van der Waals surface area contributed by atoms with Crippen molar-refractivity contribution in [2.75, 3.05) is 4.90 Å². The topological polar surface area (TPSA) is 33.2 Å². The van der Waals surface area contributed by atoms with Crippen LogP contribution in [0, 0.1) is 12.8 Å². The van der Waals surface area contributed by atoms with E-state index in [2.05, 4.69) is 31.2 Å². The van der Waals surface area contributed by atoms with Crippen LogP contribution in [-0.2, 0) is 11.3 Å². The van der Waals surface area contributed by atoms with E-state index >= 15 is 0 Å². The van der Waals surface area contributed by atoms with Gasteiger partial charge in [0.1, 0.15) is 0 Å². The first-order valence-corrected chi connectivity index (χ1v) is 8.75. The highest BCUT2D eigenvalue weighted by Gasteiger charge is 2.35. The quantitative estimate of drug-likeness (QED) is 0.706. The molecule has 1 saturated carbocycles. The summed E-state index contributed by atoms with van der Waals surface area (Å²) in [4.78, 5) is 19.3. The maximum absolute atomic E-state index is 12.7. The van der Waals surface area contributed by atoms with Crippen LogP contribution in [0.1, 0.15) is 24.0 Å². The number of hydrogen-bond donors (Lipinski definition) is 0. The predicted molar refractivity (Wildman–Crippen MR) is 94.7 cm³/mol. The minimum Gasteiger partial charge on any atom is -0.283 e. The number of carbonyl (C=O) groups is 1. The molecule has 0 aliphatic heterocycles. The molecule has 1 heterocycles. The van der Waals surface area contributed by atoms with Crippen molar-refractivity contribution >= 4 is 32.6 Å². The van der Waals surface area contributed by atoms with Crippen LogP contribution in [0.3, 0.4) is 0 Å². The number of thiazole rings is 1. The van der Waals surface area contributed by atoms with Crippen LogP contribution in [0.15, 0.2) is 48.5 Å². The summed E-state index contributed by atoms with van der Waals surface area (Å²) in [6.07, 6.45) is 2.02. The minimum atomic E-state index is 0.187. The van der Waals surface area contributed by atoms with Gasteiger partial charge in [-0.05, 0) is 43.0 Å². The van der Waals surface area contributed by atoms with Gasteiger partial charge in [0.2, 0.25) is 5.91 Å². The normalized spacial score (nSPS) is 14.1. The Morgan fingerprint density at radius 1 is 1.22 bits per heavy atom. The lowest BCUT2D eigenvalue weighted by atomic mass is 10.2. The fraction of sp³-hybridized carbons (Fsp3) is 0.263. The van der Waals surface area contributed by atoms with Crippen molar-refractivity contribution in [2.45, 2.75) is 26.3 Å². The molecule has 23 heavy (non-hydrogen) atoms. The average Bonchev–Trinajstić information content (AvgIpc) is 3.33. The summed E-state index contributed by atoms with van der Waals surface area (Å²) < 4.78 is 1.14. The van der Waals surface area contributed by atoms with E-state index in [0.29, 0.717) is 6.54 Å². The SMILES string of the molecule is Cc1ccc2nc(N(Cc3ccccc3)C(=O)C3CC3)sc2c1. The third-order valence-electron chi connectivity index (χ3n) is 4.14. The molecule has 1 aliphatic carbocycles. The molecule has 0 unspecified atom stereocenters. The molecule has 0 spiro atoms. The second-order valence-corrected chi connectivity index (χ2v) is 7.16. The maximum atomic E-state index is 12.7. The van der Waals surface area contributed by atoms with Gasteiger partial charge >= 0.3 is 0 Å². The Labute approximate surface area is 139 Å². The fourth-order valence-electron chi connectivity index (χ4n) is 2.69. The molecule has 4 rings (SSSR count). The summed E-state index contributed by atoms with van der Waals surface area (Å²) in [6, 6.07) is 16.4. The van der Waals surface area contributed by atoms with E-state index in [-0.39, 0.29) is 11.8 Å². The van der Waals surface area contributed by atoms with Gasteiger partial charge in [0.25, 0.3) is 0 Å². The Kier molecular flexibility index (Phi) is 3.62. The third kappa shape index (κ3) is 2.99. The van der Waals surface area contributed by atoms with E-state index in [1.54, 1.807) is 11.3 Å². The van der Waals surface area contributed by atoms with Crippen LogP contribution >= 0.6 is 11.3 Å². The van der Waals surface area contributed by atoms with Crippen LogP contribution in [0.5, 0.6) is 0 Å². The highest BCUT2D eigenvalue weighted by Crippen LogP contribution is 2.36. The third-order valence-corrected chi connectivity index (χ3v) is 5.18. The van der Waals surface area contributed by atoms with E-state index in [4.69, 9.17) is 4.98 Å². The second kappa shape index (κ2) is 5.78. The highest BCUT2D eigenvalue weighted by atomic mass is 32.1. The zero-order valence-corrected chi connectivity index (χ0v) is 13.8. The van der Waals surface area contributed by atoms with Gasteiger partial charge in [-0.25, -0.2) is 4.98 Å². The zero-order valence-electron chi connectivity index (χ0n) is 13.0. The van der Waals surface area contributed by atoms with Gasteiger partial charge in [0.15, 0.2) is 5.13 Å². The molecule has 0 radical (unpaired) electrons. The first-order valence-electron chi connectivity index (χ1n) is 7.93. The number of benzene rings is 2. The number of aryl methyl sites for hydroxylation is 1. The molecule has 1 amide bonds. The Morgan fingerprint density at radius 2 is 2.00 bits per heavy atom. The summed E-state index contributed by atoms with van der Waals surface area (Å²) >= 11 is 1.61. The second-order valence-electron chi connectivity index (χ2n) is 6.15. The smallest absolute Gasteiger partial charge is 0.232 e. The van der Waals surface area contributed by atoms with Gasteiger partial charge in [-0.15, -0.1) is 0 Å². The molecule has 3 nitrogen and oxygen atoms in total. The van der Waals surface area contributed by atoms with Crippen LogP contribution in [0.25, 0.3) is 10.2 Å². The summed E-state index contributed by atoms with van der Waals surface area (Å²) in [5.74, 6) is 0.400. The lowest BCUT2D eigenvalue weighted by Crippen LogP contribution is -2.31. The lowest BCUT2D eigenvalue weighted by Gasteiger charge is -2.19.